The molecule has 2 amide bonds. The normalized spacial score (nSPS) is 11.6. The van der Waals surface area contributed by atoms with E-state index >= 15 is 0 Å². The third-order valence-corrected chi connectivity index (χ3v) is 4.32. The van der Waals surface area contributed by atoms with Crippen molar-refractivity contribution in [2.24, 2.45) is 5.92 Å². The number of nitrogens with zero attached hydrogens (tertiary/aromatic N) is 1. The molecule has 1 unspecified atom stereocenters. The van der Waals surface area contributed by atoms with E-state index in [1.807, 2.05) is 24.3 Å². The van der Waals surface area contributed by atoms with E-state index in [2.05, 4.69) is 5.32 Å². The molecule has 2 aromatic rings. The first-order valence-electron chi connectivity index (χ1n) is 9.20. The Balaban J connectivity index is 1.91. The maximum absolute atomic E-state index is 12.4. The zero-order valence-electron chi connectivity index (χ0n) is 17.0. The first-order valence-corrected chi connectivity index (χ1v) is 9.20. The maximum atomic E-state index is 12.4. The van der Waals surface area contributed by atoms with Crippen molar-refractivity contribution < 1.29 is 28.3 Å². The van der Waals surface area contributed by atoms with Gasteiger partial charge >= 0.3 is 5.97 Å². The fourth-order valence-electron chi connectivity index (χ4n) is 2.63. The zero-order valence-corrected chi connectivity index (χ0v) is 17.0. The van der Waals surface area contributed by atoms with Gasteiger partial charge in [0, 0.05) is 19.2 Å². The highest BCUT2D eigenvalue weighted by Crippen LogP contribution is 2.18. The molecular weight excluding hydrogens is 376 g/mol. The van der Waals surface area contributed by atoms with Crippen LogP contribution in [0, 0.1) is 5.92 Å². The highest BCUT2D eigenvalue weighted by atomic mass is 16.5. The number of likely N-dealkylation sites (N-methyl/N-ethyl adjacent to an activating group) is 1. The summed E-state index contributed by atoms with van der Waals surface area (Å²) in [5.74, 6) is -1.04. The molecule has 1 N–H and O–H groups in total. The maximum Gasteiger partial charge on any atom is 0.329 e. The molecule has 8 nitrogen and oxygen atoms in total. The molecule has 8 heteroatoms. The summed E-state index contributed by atoms with van der Waals surface area (Å²) >= 11 is 0. The topological polar surface area (TPSA) is 98.1 Å². The van der Waals surface area contributed by atoms with Crippen molar-refractivity contribution in [1.29, 1.82) is 0 Å². The second-order valence-electron chi connectivity index (χ2n) is 6.84. The van der Waals surface area contributed by atoms with Gasteiger partial charge in [-0.2, -0.15) is 0 Å². The fraction of sp³-hybridized carbons (Fsp3) is 0.381. The average Bonchev–Trinajstić information content (AvgIpc) is 3.24. The van der Waals surface area contributed by atoms with Crippen molar-refractivity contribution in [1.82, 2.24) is 10.2 Å². The predicted octanol–water partition coefficient (Wildman–Crippen LogP) is 2.24. The number of methoxy groups -OCH3 is 1. The van der Waals surface area contributed by atoms with Gasteiger partial charge in [-0.25, -0.2) is 4.79 Å². The minimum atomic E-state index is -0.903. The lowest BCUT2D eigenvalue weighted by Crippen LogP contribution is -2.46. The van der Waals surface area contributed by atoms with Crippen molar-refractivity contribution in [2.75, 3.05) is 20.8 Å². The second-order valence-corrected chi connectivity index (χ2v) is 6.84. The Labute approximate surface area is 169 Å². The van der Waals surface area contributed by atoms with Gasteiger partial charge in [0.1, 0.15) is 11.8 Å². The number of carbonyl (C=O) groups is 3. The summed E-state index contributed by atoms with van der Waals surface area (Å²) in [5.41, 5.74) is 0.836. The van der Waals surface area contributed by atoms with E-state index < -0.39 is 24.5 Å². The summed E-state index contributed by atoms with van der Waals surface area (Å²) in [6.45, 7) is 3.42. The third kappa shape index (κ3) is 6.10. The number of ether oxygens (including phenoxy) is 2. The number of amides is 2. The van der Waals surface area contributed by atoms with Gasteiger partial charge in [0.05, 0.1) is 13.4 Å². The molecule has 2 rings (SSSR count). The van der Waals surface area contributed by atoms with E-state index in [1.165, 1.54) is 17.2 Å². The third-order valence-electron chi connectivity index (χ3n) is 4.32. The lowest BCUT2D eigenvalue weighted by Gasteiger charge is -2.22. The molecule has 1 aromatic heterocycles. The number of nitrogens with one attached hydrogen (secondary N) is 1. The molecule has 0 aliphatic heterocycles. The molecule has 0 aliphatic carbocycles. The van der Waals surface area contributed by atoms with Gasteiger partial charge in [0.15, 0.2) is 12.4 Å². The molecule has 0 fully saturated rings. The summed E-state index contributed by atoms with van der Waals surface area (Å²) in [5, 5.41) is 2.58. The van der Waals surface area contributed by atoms with Crippen LogP contribution < -0.4 is 10.1 Å². The Kier molecular flexibility index (Phi) is 7.82. The molecule has 0 aliphatic rings. The lowest BCUT2D eigenvalue weighted by molar-refractivity contribution is -0.154. The molecule has 1 atom stereocenters. The summed E-state index contributed by atoms with van der Waals surface area (Å²) in [7, 11) is 3.17. The van der Waals surface area contributed by atoms with Crippen molar-refractivity contribution in [2.45, 2.75) is 26.4 Å². The van der Waals surface area contributed by atoms with E-state index in [4.69, 9.17) is 13.9 Å². The molecule has 156 valence electrons. The van der Waals surface area contributed by atoms with Gasteiger partial charge in [0.25, 0.3) is 11.8 Å². The minimum absolute atomic E-state index is 0.0936. The standard InChI is InChI=1S/C21H26N2O6/c1-14(2)19(22-20(25)17-10-7-11-28-17)21(26)29-13-18(24)23(3)12-15-8-5-6-9-16(15)27-4/h5-11,14,19H,12-13H2,1-4H3,(H,22,25). The van der Waals surface area contributed by atoms with Crippen LogP contribution in [0.4, 0.5) is 0 Å². The fourth-order valence-corrected chi connectivity index (χ4v) is 2.63. The number of para-hydroxylation sites is 1. The summed E-state index contributed by atoms with van der Waals surface area (Å²) in [6, 6.07) is 9.53. The van der Waals surface area contributed by atoms with Crippen LogP contribution in [0.2, 0.25) is 0 Å². The first kappa shape index (κ1) is 22.0. The molecule has 1 aromatic carbocycles. The Morgan fingerprint density at radius 1 is 1.14 bits per heavy atom. The Morgan fingerprint density at radius 2 is 1.86 bits per heavy atom. The van der Waals surface area contributed by atoms with Crippen molar-refractivity contribution in [3.05, 3.63) is 54.0 Å². The van der Waals surface area contributed by atoms with Gasteiger partial charge in [0.2, 0.25) is 0 Å². The lowest BCUT2D eigenvalue weighted by atomic mass is 10.0. The Hall–Kier alpha value is -3.29. The van der Waals surface area contributed by atoms with Crippen LogP contribution >= 0.6 is 0 Å². The number of carbonyl (C=O) groups excluding carboxylic acids is 3. The van der Waals surface area contributed by atoms with Crippen LogP contribution in [0.15, 0.2) is 47.1 Å². The molecule has 0 saturated carbocycles. The molecular formula is C21H26N2O6. The number of rotatable bonds is 9. The van der Waals surface area contributed by atoms with Crippen LogP contribution in [0.5, 0.6) is 5.75 Å². The summed E-state index contributed by atoms with van der Waals surface area (Å²) < 4.78 is 15.5. The van der Waals surface area contributed by atoms with Crippen LogP contribution in [-0.4, -0.2) is 49.5 Å². The Morgan fingerprint density at radius 3 is 2.48 bits per heavy atom. The number of hydrogen-bond acceptors (Lipinski definition) is 6. The van der Waals surface area contributed by atoms with Gasteiger partial charge < -0.3 is 24.1 Å². The van der Waals surface area contributed by atoms with Crippen LogP contribution in [0.3, 0.4) is 0 Å². The molecule has 0 saturated heterocycles. The molecule has 0 radical (unpaired) electrons. The van der Waals surface area contributed by atoms with E-state index in [9.17, 15) is 14.4 Å². The largest absolute Gasteiger partial charge is 0.496 e. The summed E-state index contributed by atoms with van der Waals surface area (Å²) in [6.07, 6.45) is 1.37. The number of esters is 1. The van der Waals surface area contributed by atoms with Gasteiger partial charge in [-0.15, -0.1) is 0 Å². The predicted molar refractivity (Wildman–Crippen MR) is 105 cm³/mol. The zero-order chi connectivity index (χ0) is 21.4. The number of benzene rings is 1. The molecule has 29 heavy (non-hydrogen) atoms. The average molecular weight is 402 g/mol. The van der Waals surface area contributed by atoms with Crippen LogP contribution in [0.1, 0.15) is 30.0 Å². The van der Waals surface area contributed by atoms with E-state index in [0.29, 0.717) is 12.3 Å². The molecule has 1 heterocycles. The number of furan rings is 1. The van der Waals surface area contributed by atoms with E-state index in [0.717, 1.165) is 5.56 Å². The second kappa shape index (κ2) is 10.3. The Bertz CT molecular complexity index is 831. The van der Waals surface area contributed by atoms with Gasteiger partial charge in [-0.1, -0.05) is 32.0 Å². The van der Waals surface area contributed by atoms with Crippen molar-refractivity contribution in [3.63, 3.8) is 0 Å². The van der Waals surface area contributed by atoms with Gasteiger partial charge in [-0.3, -0.25) is 9.59 Å². The van der Waals surface area contributed by atoms with E-state index in [1.54, 1.807) is 34.1 Å². The smallest absolute Gasteiger partial charge is 0.329 e. The van der Waals surface area contributed by atoms with Crippen molar-refractivity contribution in [3.8, 4) is 5.75 Å². The SMILES string of the molecule is COc1ccccc1CN(C)C(=O)COC(=O)C(NC(=O)c1ccco1)C(C)C. The monoisotopic (exact) mass is 402 g/mol. The van der Waals surface area contributed by atoms with Crippen LogP contribution in [-0.2, 0) is 20.9 Å². The van der Waals surface area contributed by atoms with Crippen LogP contribution in [0.25, 0.3) is 0 Å². The highest BCUT2D eigenvalue weighted by molar-refractivity contribution is 5.94. The highest BCUT2D eigenvalue weighted by Gasteiger charge is 2.28. The molecule has 0 bridgehead atoms. The molecule has 0 spiro atoms. The van der Waals surface area contributed by atoms with E-state index in [-0.39, 0.29) is 17.6 Å². The van der Waals surface area contributed by atoms with Gasteiger partial charge in [-0.05, 0) is 24.1 Å². The first-order chi connectivity index (χ1) is 13.8. The minimum Gasteiger partial charge on any atom is -0.496 e. The van der Waals surface area contributed by atoms with Crippen molar-refractivity contribution >= 4 is 17.8 Å². The summed E-state index contributed by atoms with van der Waals surface area (Å²) in [4.78, 5) is 38.4. The number of hydrogen-bond donors (Lipinski definition) is 1. The quantitative estimate of drug-likeness (QED) is 0.646.